The second kappa shape index (κ2) is 4.11. The van der Waals surface area contributed by atoms with Crippen LogP contribution in [0.4, 0.5) is 0 Å². The van der Waals surface area contributed by atoms with Gasteiger partial charge in [-0.15, -0.1) is 0 Å². The highest BCUT2D eigenvalue weighted by Gasteiger charge is 2.46. The summed E-state index contributed by atoms with van der Waals surface area (Å²) in [6.45, 7) is 5.24. The van der Waals surface area contributed by atoms with Crippen LogP contribution in [0.3, 0.4) is 0 Å². The quantitative estimate of drug-likeness (QED) is 0.792. The van der Waals surface area contributed by atoms with Gasteiger partial charge in [0, 0.05) is 23.5 Å². The molecule has 0 radical (unpaired) electrons. The predicted octanol–water partition coefficient (Wildman–Crippen LogP) is 3.61. The summed E-state index contributed by atoms with van der Waals surface area (Å²) < 4.78 is 5.51. The number of carbonyl (C=O) groups is 1. The number of furan rings is 1. The summed E-state index contributed by atoms with van der Waals surface area (Å²) in [6.07, 6.45) is 4.20. The molecular weight excluding hydrogens is 250 g/mol. The molecule has 1 aliphatic heterocycles. The van der Waals surface area contributed by atoms with E-state index in [1.165, 1.54) is 12.8 Å². The maximum atomic E-state index is 12.7. The first kappa shape index (κ1) is 12.0. The number of carbonyl (C=O) groups excluding carboxylic acids is 1. The van der Waals surface area contributed by atoms with Gasteiger partial charge >= 0.3 is 0 Å². The number of rotatable bonds is 1. The minimum atomic E-state index is 0.167. The Labute approximate surface area is 118 Å². The number of aryl methyl sites for hydroxylation is 1. The van der Waals surface area contributed by atoms with Gasteiger partial charge in [0.2, 0.25) is 0 Å². The van der Waals surface area contributed by atoms with Crippen LogP contribution >= 0.6 is 0 Å². The second-order valence-electron chi connectivity index (χ2n) is 6.35. The first-order valence-corrected chi connectivity index (χ1v) is 7.44. The Morgan fingerprint density at radius 3 is 2.90 bits per heavy atom. The van der Waals surface area contributed by atoms with E-state index >= 15 is 0 Å². The molecule has 1 saturated heterocycles. The fraction of sp³-hybridized carbons (Fsp3) is 0.471. The molecule has 20 heavy (non-hydrogen) atoms. The summed E-state index contributed by atoms with van der Waals surface area (Å²) in [5.74, 6) is 1.53. The average molecular weight is 269 g/mol. The molecule has 2 heterocycles. The third-order valence-corrected chi connectivity index (χ3v) is 5.29. The molecule has 2 fully saturated rings. The Bertz CT molecular complexity index is 687. The zero-order valence-electron chi connectivity index (χ0n) is 11.9. The minimum Gasteiger partial charge on any atom is -0.464 e. The molecule has 0 N–H and O–H groups in total. The SMILES string of the molecule is Cc1coc2cc(C(=O)N3CC4CCC3[C@@H]4C)ccc12. The number of nitrogens with zero attached hydrogens (tertiary/aromatic N) is 1. The van der Waals surface area contributed by atoms with E-state index in [0.29, 0.717) is 17.9 Å². The van der Waals surface area contributed by atoms with Crippen molar-refractivity contribution in [3.63, 3.8) is 0 Å². The lowest BCUT2D eigenvalue weighted by Crippen LogP contribution is -2.38. The van der Waals surface area contributed by atoms with Crippen molar-refractivity contribution in [1.29, 1.82) is 0 Å². The van der Waals surface area contributed by atoms with Crippen molar-refractivity contribution in [3.8, 4) is 0 Å². The highest BCUT2D eigenvalue weighted by Crippen LogP contribution is 2.43. The van der Waals surface area contributed by atoms with Gasteiger partial charge in [0.05, 0.1) is 6.26 Å². The third-order valence-electron chi connectivity index (χ3n) is 5.29. The van der Waals surface area contributed by atoms with E-state index in [-0.39, 0.29) is 5.91 Å². The van der Waals surface area contributed by atoms with E-state index in [1.54, 1.807) is 6.26 Å². The third kappa shape index (κ3) is 1.55. The first-order valence-electron chi connectivity index (χ1n) is 7.44. The smallest absolute Gasteiger partial charge is 0.254 e. The van der Waals surface area contributed by atoms with E-state index < -0.39 is 0 Å². The summed E-state index contributed by atoms with van der Waals surface area (Å²) >= 11 is 0. The minimum absolute atomic E-state index is 0.167. The molecule has 4 rings (SSSR count). The van der Waals surface area contributed by atoms with Crippen molar-refractivity contribution in [3.05, 3.63) is 35.6 Å². The van der Waals surface area contributed by atoms with Crippen molar-refractivity contribution in [2.45, 2.75) is 32.7 Å². The molecule has 1 aromatic heterocycles. The van der Waals surface area contributed by atoms with Gasteiger partial charge in [0.15, 0.2) is 0 Å². The summed E-state index contributed by atoms with van der Waals surface area (Å²) in [5.41, 5.74) is 2.69. The molecule has 2 aromatic rings. The Morgan fingerprint density at radius 1 is 1.35 bits per heavy atom. The van der Waals surface area contributed by atoms with Crippen LogP contribution in [-0.4, -0.2) is 23.4 Å². The lowest BCUT2D eigenvalue weighted by molar-refractivity contribution is 0.0696. The summed E-state index contributed by atoms with van der Waals surface area (Å²) in [4.78, 5) is 14.8. The van der Waals surface area contributed by atoms with Gasteiger partial charge in [0.1, 0.15) is 5.58 Å². The van der Waals surface area contributed by atoms with Gasteiger partial charge in [-0.25, -0.2) is 0 Å². The van der Waals surface area contributed by atoms with Crippen LogP contribution < -0.4 is 0 Å². The number of piperidine rings is 1. The van der Waals surface area contributed by atoms with Crippen molar-refractivity contribution in [2.75, 3.05) is 6.54 Å². The molecule has 1 aliphatic carbocycles. The lowest BCUT2D eigenvalue weighted by Gasteiger charge is -2.27. The highest BCUT2D eigenvalue weighted by molar-refractivity contribution is 5.98. The normalized spacial score (nSPS) is 28.5. The van der Waals surface area contributed by atoms with E-state index in [1.807, 2.05) is 25.1 Å². The van der Waals surface area contributed by atoms with Crippen molar-refractivity contribution >= 4 is 16.9 Å². The summed E-state index contributed by atoms with van der Waals surface area (Å²) in [7, 11) is 0. The highest BCUT2D eigenvalue weighted by atomic mass is 16.3. The van der Waals surface area contributed by atoms with E-state index in [0.717, 1.165) is 28.6 Å². The first-order chi connectivity index (χ1) is 9.65. The number of hydrogen-bond acceptors (Lipinski definition) is 2. The van der Waals surface area contributed by atoms with Crippen LogP contribution in [0.25, 0.3) is 11.0 Å². The van der Waals surface area contributed by atoms with Crippen molar-refractivity contribution in [1.82, 2.24) is 4.90 Å². The molecule has 1 saturated carbocycles. The molecule has 3 nitrogen and oxygen atoms in total. The second-order valence-corrected chi connectivity index (χ2v) is 6.35. The number of benzene rings is 1. The van der Waals surface area contributed by atoms with Gasteiger partial charge in [0.25, 0.3) is 5.91 Å². The number of hydrogen-bond donors (Lipinski definition) is 0. The van der Waals surface area contributed by atoms with Crippen LogP contribution in [0.1, 0.15) is 35.7 Å². The Morgan fingerprint density at radius 2 is 2.20 bits per heavy atom. The molecule has 3 atom stereocenters. The Kier molecular flexibility index (Phi) is 2.47. The molecule has 3 heteroatoms. The number of likely N-dealkylation sites (tertiary alicyclic amines) is 1. The molecule has 2 unspecified atom stereocenters. The van der Waals surface area contributed by atoms with E-state index in [4.69, 9.17) is 4.42 Å². The zero-order chi connectivity index (χ0) is 13.9. The molecule has 1 aromatic carbocycles. The van der Waals surface area contributed by atoms with E-state index in [9.17, 15) is 4.79 Å². The summed E-state index contributed by atoms with van der Waals surface area (Å²) in [6, 6.07) is 6.27. The predicted molar refractivity (Wildman–Crippen MR) is 77.7 cm³/mol. The largest absolute Gasteiger partial charge is 0.464 e. The molecule has 0 spiro atoms. The topological polar surface area (TPSA) is 33.5 Å². The van der Waals surface area contributed by atoms with Crippen LogP contribution in [0.5, 0.6) is 0 Å². The zero-order valence-corrected chi connectivity index (χ0v) is 11.9. The lowest BCUT2D eigenvalue weighted by atomic mass is 10.0. The molecule has 104 valence electrons. The molecular formula is C17H19NO2. The van der Waals surface area contributed by atoms with Crippen LogP contribution in [0, 0.1) is 18.8 Å². The molecule has 2 aliphatic rings. The van der Waals surface area contributed by atoms with Crippen LogP contribution in [0.2, 0.25) is 0 Å². The standard InChI is InChI=1S/C17H19NO2/c1-10-9-20-16-7-12(3-5-14(10)16)17(19)18-8-13-4-6-15(18)11(13)2/h3,5,7,9,11,13,15H,4,6,8H2,1-2H3/t11-,13?,15?/m1/s1. The van der Waals surface area contributed by atoms with Gasteiger partial charge in [-0.2, -0.15) is 0 Å². The maximum absolute atomic E-state index is 12.7. The maximum Gasteiger partial charge on any atom is 0.254 e. The molecule has 2 bridgehead atoms. The Hall–Kier alpha value is -1.77. The van der Waals surface area contributed by atoms with Gasteiger partial charge in [-0.05, 0) is 49.3 Å². The average Bonchev–Trinajstić information content (AvgIpc) is 3.11. The number of amides is 1. The van der Waals surface area contributed by atoms with Crippen molar-refractivity contribution < 1.29 is 9.21 Å². The fourth-order valence-electron chi connectivity index (χ4n) is 4.00. The summed E-state index contributed by atoms with van der Waals surface area (Å²) in [5, 5.41) is 1.10. The fourth-order valence-corrected chi connectivity index (χ4v) is 4.00. The molecule has 1 amide bonds. The van der Waals surface area contributed by atoms with Crippen molar-refractivity contribution in [2.24, 2.45) is 11.8 Å². The van der Waals surface area contributed by atoms with Crippen LogP contribution in [0.15, 0.2) is 28.9 Å². The van der Waals surface area contributed by atoms with E-state index in [2.05, 4.69) is 11.8 Å². The monoisotopic (exact) mass is 269 g/mol. The Balaban J connectivity index is 1.67. The number of fused-ring (bicyclic) bond motifs is 3. The van der Waals surface area contributed by atoms with Crippen LogP contribution in [-0.2, 0) is 0 Å². The van der Waals surface area contributed by atoms with Gasteiger partial charge in [-0.3, -0.25) is 4.79 Å². The van der Waals surface area contributed by atoms with Gasteiger partial charge < -0.3 is 9.32 Å². The van der Waals surface area contributed by atoms with Gasteiger partial charge in [-0.1, -0.05) is 13.0 Å².